The average molecular weight is 380 g/mol. The highest BCUT2D eigenvalue weighted by Crippen LogP contribution is 2.26. The lowest BCUT2D eigenvalue weighted by Crippen LogP contribution is -2.27. The fourth-order valence-electron chi connectivity index (χ4n) is 3.04. The second kappa shape index (κ2) is 6.92. The van der Waals surface area contributed by atoms with E-state index in [9.17, 15) is 9.59 Å². The van der Waals surface area contributed by atoms with Gasteiger partial charge < -0.3 is 9.15 Å². The molecule has 0 saturated heterocycles. The lowest BCUT2D eigenvalue weighted by Gasteiger charge is -2.12. The molecule has 2 heterocycles. The predicted molar refractivity (Wildman–Crippen MR) is 106 cm³/mol. The van der Waals surface area contributed by atoms with Gasteiger partial charge in [-0.15, -0.1) is 0 Å². The summed E-state index contributed by atoms with van der Waals surface area (Å²) >= 11 is 1.32. The normalized spacial score (nSPS) is 11.2. The topological polar surface area (TPSA) is 74.3 Å². The molecule has 4 rings (SSSR count). The molecule has 0 aliphatic carbocycles. The Morgan fingerprint density at radius 2 is 1.89 bits per heavy atom. The van der Waals surface area contributed by atoms with E-state index >= 15 is 0 Å². The van der Waals surface area contributed by atoms with Crippen molar-refractivity contribution in [1.29, 1.82) is 0 Å². The van der Waals surface area contributed by atoms with E-state index in [0.29, 0.717) is 22.8 Å². The summed E-state index contributed by atoms with van der Waals surface area (Å²) in [7, 11) is 1.50. The van der Waals surface area contributed by atoms with Crippen molar-refractivity contribution in [2.45, 2.75) is 11.7 Å². The lowest BCUT2D eigenvalue weighted by atomic mass is 10.2. The van der Waals surface area contributed by atoms with Gasteiger partial charge in [-0.05, 0) is 24.0 Å². The van der Waals surface area contributed by atoms with Crippen LogP contribution in [0.2, 0.25) is 0 Å². The third-order valence-corrected chi connectivity index (χ3v) is 5.01. The van der Waals surface area contributed by atoms with Gasteiger partial charge in [0.05, 0.1) is 19.0 Å². The molecule has 0 atom stereocenters. The van der Waals surface area contributed by atoms with Crippen LogP contribution >= 0.6 is 11.8 Å². The summed E-state index contributed by atoms with van der Waals surface area (Å²) in [6.45, 7) is 0.328. The third kappa shape index (κ3) is 2.90. The molecule has 0 spiro atoms. The number of aromatic nitrogens is 2. The van der Waals surface area contributed by atoms with Crippen molar-refractivity contribution in [3.8, 4) is 5.75 Å². The first-order chi connectivity index (χ1) is 13.1. The van der Waals surface area contributed by atoms with Crippen molar-refractivity contribution in [3.63, 3.8) is 0 Å². The molecule has 7 heteroatoms. The summed E-state index contributed by atoms with van der Waals surface area (Å²) in [4.78, 5) is 30.6. The number of fused-ring (bicyclic) bond motifs is 2. The number of para-hydroxylation sites is 1. The minimum Gasteiger partial charge on any atom is -0.493 e. The maximum atomic E-state index is 13.1. The van der Waals surface area contributed by atoms with Gasteiger partial charge in [-0.1, -0.05) is 48.2 Å². The van der Waals surface area contributed by atoms with Crippen LogP contribution in [0.3, 0.4) is 0 Å². The largest absolute Gasteiger partial charge is 0.493 e. The second-order valence-corrected chi connectivity index (χ2v) is 6.70. The van der Waals surface area contributed by atoms with Gasteiger partial charge in [0.1, 0.15) is 0 Å². The van der Waals surface area contributed by atoms with Crippen LogP contribution in [0.1, 0.15) is 5.56 Å². The highest BCUT2D eigenvalue weighted by molar-refractivity contribution is 7.98. The Labute approximate surface area is 158 Å². The molecule has 0 saturated carbocycles. The number of hydrogen-bond acceptors (Lipinski definition) is 6. The summed E-state index contributed by atoms with van der Waals surface area (Å²) in [6, 6.07) is 14.6. The predicted octanol–water partition coefficient (Wildman–Crippen LogP) is 3.28. The number of hydrogen-bond donors (Lipinski definition) is 0. The Balaban J connectivity index is 2.05. The first-order valence-electron chi connectivity index (χ1n) is 8.26. The van der Waals surface area contributed by atoms with Crippen LogP contribution in [0.4, 0.5) is 0 Å². The second-order valence-electron chi connectivity index (χ2n) is 5.92. The van der Waals surface area contributed by atoms with E-state index in [1.165, 1.54) is 23.4 Å². The summed E-state index contributed by atoms with van der Waals surface area (Å²) in [5, 5.41) is 0.724. The van der Waals surface area contributed by atoms with E-state index < -0.39 is 11.0 Å². The molecule has 6 nitrogen and oxygen atoms in total. The number of methoxy groups -OCH3 is 1. The van der Waals surface area contributed by atoms with Crippen molar-refractivity contribution >= 4 is 33.8 Å². The van der Waals surface area contributed by atoms with Gasteiger partial charge in [-0.3, -0.25) is 14.2 Å². The molecule has 0 aliphatic heterocycles. The molecule has 4 aromatic rings. The molecule has 0 bridgehead atoms. The van der Waals surface area contributed by atoms with E-state index in [2.05, 4.69) is 4.98 Å². The van der Waals surface area contributed by atoms with Crippen molar-refractivity contribution in [2.75, 3.05) is 13.4 Å². The Morgan fingerprint density at radius 1 is 1.11 bits per heavy atom. The molecule has 27 heavy (non-hydrogen) atoms. The summed E-state index contributed by atoms with van der Waals surface area (Å²) < 4.78 is 12.6. The van der Waals surface area contributed by atoms with Gasteiger partial charge in [0.25, 0.3) is 5.56 Å². The van der Waals surface area contributed by atoms with Gasteiger partial charge in [0.2, 0.25) is 11.1 Å². The van der Waals surface area contributed by atoms with Crippen LogP contribution in [0.25, 0.3) is 22.1 Å². The van der Waals surface area contributed by atoms with Crippen LogP contribution in [-0.4, -0.2) is 22.9 Å². The monoisotopic (exact) mass is 380 g/mol. The van der Waals surface area contributed by atoms with Crippen molar-refractivity contribution in [2.24, 2.45) is 0 Å². The van der Waals surface area contributed by atoms with E-state index in [1.807, 2.05) is 36.6 Å². The Morgan fingerprint density at radius 3 is 2.59 bits per heavy atom. The van der Waals surface area contributed by atoms with Crippen LogP contribution < -0.4 is 15.7 Å². The molecule has 0 radical (unpaired) electrons. The van der Waals surface area contributed by atoms with E-state index in [-0.39, 0.29) is 16.7 Å². The van der Waals surface area contributed by atoms with Crippen molar-refractivity contribution in [1.82, 2.24) is 9.55 Å². The van der Waals surface area contributed by atoms with Crippen LogP contribution in [0, 0.1) is 0 Å². The number of rotatable bonds is 4. The SMILES string of the molecule is COc1cccc2c(=O)c3c(=O)n(Cc4ccccc4)c(SC)nc3oc12. The quantitative estimate of drug-likeness (QED) is 0.307. The highest BCUT2D eigenvalue weighted by Gasteiger charge is 2.19. The highest BCUT2D eigenvalue weighted by atomic mass is 32.2. The number of benzene rings is 2. The zero-order valence-electron chi connectivity index (χ0n) is 14.8. The number of thioether (sulfide) groups is 1. The molecule has 0 aliphatic rings. The zero-order valence-corrected chi connectivity index (χ0v) is 15.6. The van der Waals surface area contributed by atoms with Crippen LogP contribution in [0.15, 0.2) is 67.7 Å². The maximum Gasteiger partial charge on any atom is 0.269 e. The maximum absolute atomic E-state index is 13.1. The van der Waals surface area contributed by atoms with Gasteiger partial charge in [0, 0.05) is 0 Å². The van der Waals surface area contributed by atoms with Crippen molar-refractivity contribution < 1.29 is 9.15 Å². The van der Waals surface area contributed by atoms with Crippen LogP contribution in [-0.2, 0) is 6.54 Å². The first-order valence-corrected chi connectivity index (χ1v) is 9.48. The molecular formula is C20H16N2O4S. The smallest absolute Gasteiger partial charge is 0.269 e. The molecule has 0 fully saturated rings. The Bertz CT molecular complexity index is 1260. The third-order valence-electron chi connectivity index (χ3n) is 4.34. The Kier molecular flexibility index (Phi) is 4.45. The van der Waals surface area contributed by atoms with Crippen molar-refractivity contribution in [3.05, 3.63) is 74.7 Å². The molecule has 2 aromatic heterocycles. The summed E-state index contributed by atoms with van der Waals surface area (Å²) in [6.07, 6.45) is 1.83. The molecular weight excluding hydrogens is 364 g/mol. The fourth-order valence-corrected chi connectivity index (χ4v) is 3.58. The van der Waals surface area contributed by atoms with Gasteiger partial charge in [-0.2, -0.15) is 4.98 Å². The van der Waals surface area contributed by atoms with Gasteiger partial charge >= 0.3 is 0 Å². The molecule has 2 aromatic carbocycles. The number of ether oxygens (including phenoxy) is 1. The molecule has 0 N–H and O–H groups in total. The molecule has 136 valence electrons. The minimum atomic E-state index is -0.410. The molecule has 0 unspecified atom stereocenters. The first kappa shape index (κ1) is 17.4. The summed E-state index contributed by atoms with van der Waals surface area (Å²) in [5.74, 6) is 0.424. The van der Waals surface area contributed by atoms with Crippen LogP contribution in [0.5, 0.6) is 5.75 Å². The molecule has 0 amide bonds. The minimum absolute atomic E-state index is 0.0238. The van der Waals surface area contributed by atoms with Gasteiger partial charge in [0.15, 0.2) is 21.9 Å². The Hall–Kier alpha value is -3.06. The standard InChI is InChI=1S/C20H16N2O4S/c1-25-14-10-6-9-13-16(23)15-18(26-17(13)14)21-20(27-2)22(19(15)24)11-12-7-4-3-5-8-12/h3-10H,11H2,1-2H3. The zero-order chi connectivity index (χ0) is 19.0. The van der Waals surface area contributed by atoms with Gasteiger partial charge in [-0.25, -0.2) is 0 Å². The van der Waals surface area contributed by atoms with E-state index in [4.69, 9.17) is 9.15 Å². The lowest BCUT2D eigenvalue weighted by molar-refractivity contribution is 0.411. The summed E-state index contributed by atoms with van der Waals surface area (Å²) in [5.41, 5.74) is 0.444. The van der Waals surface area contributed by atoms with E-state index in [1.54, 1.807) is 18.2 Å². The fraction of sp³-hybridized carbons (Fsp3) is 0.150. The number of nitrogens with zero attached hydrogens (tertiary/aromatic N) is 2. The average Bonchev–Trinajstić information content (AvgIpc) is 2.70. The van der Waals surface area contributed by atoms with E-state index in [0.717, 1.165) is 5.56 Å².